The molecule has 1 saturated carbocycles. The molecule has 2 nitrogen and oxygen atoms in total. The van der Waals surface area contributed by atoms with Gasteiger partial charge in [0, 0.05) is 19.3 Å². The van der Waals surface area contributed by atoms with Crippen molar-refractivity contribution in [3.05, 3.63) is 0 Å². The molecule has 0 aliphatic heterocycles. The van der Waals surface area contributed by atoms with Crippen molar-refractivity contribution in [2.75, 3.05) is 19.8 Å². The second kappa shape index (κ2) is 9.90. The summed E-state index contributed by atoms with van der Waals surface area (Å²) in [6, 6.07) is 0.629. The molecule has 17 heavy (non-hydrogen) atoms. The van der Waals surface area contributed by atoms with E-state index in [1.54, 1.807) is 0 Å². The average Bonchev–Trinajstić information content (AvgIpc) is 2.79. The molecule has 0 saturated heterocycles. The van der Waals surface area contributed by atoms with E-state index in [-0.39, 0.29) is 0 Å². The van der Waals surface area contributed by atoms with E-state index in [1.165, 1.54) is 57.9 Å². The lowest BCUT2D eigenvalue weighted by Crippen LogP contribution is -2.23. The molecule has 0 heterocycles. The zero-order chi connectivity index (χ0) is 12.3. The molecule has 1 aliphatic rings. The van der Waals surface area contributed by atoms with Crippen LogP contribution in [-0.4, -0.2) is 25.8 Å². The van der Waals surface area contributed by atoms with E-state index in [4.69, 9.17) is 4.74 Å². The third-order valence-corrected chi connectivity index (χ3v) is 3.60. The van der Waals surface area contributed by atoms with Crippen molar-refractivity contribution in [3.63, 3.8) is 0 Å². The Morgan fingerprint density at radius 2 is 1.76 bits per heavy atom. The molecule has 2 heteroatoms. The fourth-order valence-corrected chi connectivity index (χ4v) is 2.50. The Hall–Kier alpha value is -0.0800. The highest BCUT2D eigenvalue weighted by atomic mass is 16.5. The monoisotopic (exact) mass is 241 g/mol. The van der Waals surface area contributed by atoms with Crippen molar-refractivity contribution in [1.82, 2.24) is 5.32 Å². The molecule has 0 unspecified atom stereocenters. The summed E-state index contributed by atoms with van der Waals surface area (Å²) in [5.41, 5.74) is 0. The van der Waals surface area contributed by atoms with Crippen LogP contribution in [0.4, 0.5) is 0 Å². The van der Waals surface area contributed by atoms with Crippen LogP contribution in [0, 0.1) is 5.92 Å². The minimum atomic E-state index is 0.629. The second-order valence-electron chi connectivity index (χ2n) is 5.75. The van der Waals surface area contributed by atoms with Crippen LogP contribution in [0.5, 0.6) is 0 Å². The van der Waals surface area contributed by atoms with Gasteiger partial charge in [0.25, 0.3) is 0 Å². The van der Waals surface area contributed by atoms with Crippen molar-refractivity contribution < 1.29 is 4.74 Å². The van der Waals surface area contributed by atoms with Gasteiger partial charge in [-0.3, -0.25) is 0 Å². The Morgan fingerprint density at radius 3 is 2.47 bits per heavy atom. The highest BCUT2D eigenvalue weighted by Gasteiger charge is 2.14. The first kappa shape index (κ1) is 15.0. The zero-order valence-corrected chi connectivity index (χ0v) is 11.8. The summed E-state index contributed by atoms with van der Waals surface area (Å²) in [6.45, 7) is 7.58. The number of unbranched alkanes of at least 4 members (excludes halogenated alkanes) is 3. The Kier molecular flexibility index (Phi) is 8.72. The molecule has 0 aromatic carbocycles. The highest BCUT2D eigenvalue weighted by molar-refractivity contribution is 4.66. The molecular formula is C15H31NO. The van der Waals surface area contributed by atoms with Crippen LogP contribution in [0.2, 0.25) is 0 Å². The Balaban J connectivity index is 1.72. The van der Waals surface area contributed by atoms with Gasteiger partial charge in [0.05, 0.1) is 0 Å². The first-order valence-corrected chi connectivity index (χ1v) is 7.60. The van der Waals surface area contributed by atoms with E-state index in [9.17, 15) is 0 Å². The average molecular weight is 241 g/mol. The van der Waals surface area contributed by atoms with Crippen LogP contribution < -0.4 is 5.32 Å². The minimum absolute atomic E-state index is 0.629. The topological polar surface area (TPSA) is 21.3 Å². The fourth-order valence-electron chi connectivity index (χ4n) is 2.50. The lowest BCUT2D eigenvalue weighted by atomic mass is 10.1. The lowest BCUT2D eigenvalue weighted by molar-refractivity contribution is 0.0979. The van der Waals surface area contributed by atoms with Crippen LogP contribution in [0.25, 0.3) is 0 Å². The molecule has 0 aromatic heterocycles. The van der Waals surface area contributed by atoms with Gasteiger partial charge in [0.2, 0.25) is 0 Å². The van der Waals surface area contributed by atoms with Crippen molar-refractivity contribution in [2.24, 2.45) is 5.92 Å². The van der Waals surface area contributed by atoms with Crippen LogP contribution in [0.3, 0.4) is 0 Å². The van der Waals surface area contributed by atoms with Crippen LogP contribution in [0.1, 0.15) is 65.2 Å². The van der Waals surface area contributed by atoms with Gasteiger partial charge in [-0.1, -0.05) is 39.5 Å². The number of hydrogen-bond acceptors (Lipinski definition) is 2. The van der Waals surface area contributed by atoms with Gasteiger partial charge in [0.1, 0.15) is 0 Å². The Labute approximate surface area is 108 Å². The molecule has 0 bridgehead atoms. The molecule has 0 atom stereocenters. The maximum absolute atomic E-state index is 5.75. The molecule has 0 amide bonds. The largest absolute Gasteiger partial charge is 0.381 e. The normalized spacial score (nSPS) is 17.1. The number of nitrogens with one attached hydrogen (secondary N) is 1. The predicted octanol–water partition coefficient (Wildman–Crippen LogP) is 3.75. The summed E-state index contributed by atoms with van der Waals surface area (Å²) in [4.78, 5) is 0. The van der Waals surface area contributed by atoms with Crippen LogP contribution in [-0.2, 0) is 4.74 Å². The van der Waals surface area contributed by atoms with E-state index >= 15 is 0 Å². The zero-order valence-electron chi connectivity index (χ0n) is 11.8. The van der Waals surface area contributed by atoms with E-state index in [0.29, 0.717) is 6.04 Å². The summed E-state index contributed by atoms with van der Waals surface area (Å²) in [7, 11) is 0. The van der Waals surface area contributed by atoms with E-state index < -0.39 is 0 Å². The first-order valence-electron chi connectivity index (χ1n) is 7.60. The third kappa shape index (κ3) is 8.62. The molecular weight excluding hydrogens is 210 g/mol. The van der Waals surface area contributed by atoms with Gasteiger partial charge in [-0.25, -0.2) is 0 Å². The van der Waals surface area contributed by atoms with Gasteiger partial charge in [-0.15, -0.1) is 0 Å². The lowest BCUT2D eigenvalue weighted by Gasteiger charge is -2.10. The molecule has 0 aromatic rings. The maximum atomic E-state index is 5.75. The van der Waals surface area contributed by atoms with Crippen LogP contribution >= 0.6 is 0 Å². The molecule has 0 spiro atoms. The Morgan fingerprint density at radius 1 is 1.06 bits per heavy atom. The SMILES string of the molecule is CC(C)NCCCCCCOCC1CCCC1. The Bertz CT molecular complexity index is 164. The maximum Gasteiger partial charge on any atom is 0.0494 e. The van der Waals surface area contributed by atoms with Crippen LogP contribution in [0.15, 0.2) is 0 Å². The smallest absolute Gasteiger partial charge is 0.0494 e. The van der Waals surface area contributed by atoms with Gasteiger partial charge in [-0.05, 0) is 38.1 Å². The number of ether oxygens (including phenoxy) is 1. The van der Waals surface area contributed by atoms with Crippen molar-refractivity contribution in [1.29, 1.82) is 0 Å². The summed E-state index contributed by atoms with van der Waals surface area (Å²) < 4.78 is 5.75. The highest BCUT2D eigenvalue weighted by Crippen LogP contribution is 2.24. The molecule has 1 fully saturated rings. The molecule has 102 valence electrons. The number of hydrogen-bond donors (Lipinski definition) is 1. The molecule has 1 aliphatic carbocycles. The summed E-state index contributed by atoms with van der Waals surface area (Å²) in [5, 5.41) is 3.45. The molecule has 1 rings (SSSR count). The molecule has 1 N–H and O–H groups in total. The van der Waals surface area contributed by atoms with E-state index in [0.717, 1.165) is 19.1 Å². The standard InChI is InChI=1S/C15H31NO/c1-14(2)16-11-7-3-4-8-12-17-13-15-9-5-6-10-15/h14-16H,3-13H2,1-2H3. The van der Waals surface area contributed by atoms with Gasteiger partial charge in [-0.2, -0.15) is 0 Å². The number of rotatable bonds is 10. The van der Waals surface area contributed by atoms with Crippen molar-refractivity contribution in [2.45, 2.75) is 71.3 Å². The minimum Gasteiger partial charge on any atom is -0.381 e. The van der Waals surface area contributed by atoms with Gasteiger partial charge in [0.15, 0.2) is 0 Å². The third-order valence-electron chi connectivity index (χ3n) is 3.60. The van der Waals surface area contributed by atoms with Gasteiger partial charge < -0.3 is 10.1 Å². The summed E-state index contributed by atoms with van der Waals surface area (Å²) >= 11 is 0. The molecule has 0 radical (unpaired) electrons. The fraction of sp³-hybridized carbons (Fsp3) is 1.00. The van der Waals surface area contributed by atoms with Crippen molar-refractivity contribution >= 4 is 0 Å². The summed E-state index contributed by atoms with van der Waals surface area (Å²) in [5.74, 6) is 0.880. The van der Waals surface area contributed by atoms with Crippen molar-refractivity contribution in [3.8, 4) is 0 Å². The van der Waals surface area contributed by atoms with E-state index in [1.807, 2.05) is 0 Å². The van der Waals surface area contributed by atoms with Gasteiger partial charge >= 0.3 is 0 Å². The second-order valence-corrected chi connectivity index (χ2v) is 5.75. The van der Waals surface area contributed by atoms with E-state index in [2.05, 4.69) is 19.2 Å². The summed E-state index contributed by atoms with van der Waals surface area (Å²) in [6.07, 6.45) is 10.9. The predicted molar refractivity (Wildman–Crippen MR) is 74.4 cm³/mol. The quantitative estimate of drug-likeness (QED) is 0.588. The first-order chi connectivity index (χ1) is 8.29.